The van der Waals surface area contributed by atoms with E-state index in [4.69, 9.17) is 27.5 Å². The summed E-state index contributed by atoms with van der Waals surface area (Å²) >= 11 is 7.95. The highest BCUT2D eigenvalue weighted by Gasteiger charge is 2.23. The van der Waals surface area contributed by atoms with E-state index in [2.05, 4.69) is 24.3 Å². The van der Waals surface area contributed by atoms with Gasteiger partial charge in [-0.2, -0.15) is 0 Å². The first-order chi connectivity index (χ1) is 10.2. The van der Waals surface area contributed by atoms with E-state index < -0.39 is 0 Å². The molecule has 5 heteroatoms. The van der Waals surface area contributed by atoms with Crippen LogP contribution in [0.5, 0.6) is 5.75 Å². The van der Waals surface area contributed by atoms with Crippen molar-refractivity contribution in [1.29, 1.82) is 5.41 Å². The number of nitrogens with one attached hydrogen (secondary N) is 1. The van der Waals surface area contributed by atoms with E-state index in [1.165, 1.54) is 10.5 Å². The van der Waals surface area contributed by atoms with Gasteiger partial charge >= 0.3 is 0 Å². The molecule has 1 aliphatic heterocycles. The Labute approximate surface area is 133 Å². The molecule has 0 amide bonds. The van der Waals surface area contributed by atoms with Crippen molar-refractivity contribution in [1.82, 2.24) is 0 Å². The number of thioether (sulfide) groups is 1. The van der Waals surface area contributed by atoms with Crippen LogP contribution < -0.4 is 10.5 Å². The van der Waals surface area contributed by atoms with Gasteiger partial charge in [0.1, 0.15) is 11.6 Å². The zero-order chi connectivity index (χ0) is 14.8. The van der Waals surface area contributed by atoms with Gasteiger partial charge in [-0.3, -0.25) is 5.41 Å². The minimum atomic E-state index is -0.0724. The van der Waals surface area contributed by atoms with Crippen LogP contribution in [0, 0.1) is 5.41 Å². The van der Waals surface area contributed by atoms with Gasteiger partial charge in [0.25, 0.3) is 0 Å². The number of ether oxygens (including phenoxy) is 1. The summed E-state index contributed by atoms with van der Waals surface area (Å²) in [5, 5.41) is 8.08. The highest BCUT2D eigenvalue weighted by atomic mass is 35.5. The number of benzene rings is 2. The van der Waals surface area contributed by atoms with Gasteiger partial charge in [0.15, 0.2) is 0 Å². The summed E-state index contributed by atoms with van der Waals surface area (Å²) in [4.78, 5) is 1.32. The smallest absolute Gasteiger partial charge is 0.131 e. The van der Waals surface area contributed by atoms with Gasteiger partial charge in [-0.25, -0.2) is 0 Å². The van der Waals surface area contributed by atoms with Crippen LogP contribution in [0.3, 0.4) is 0 Å². The zero-order valence-electron chi connectivity index (χ0n) is 11.3. The molecule has 0 saturated carbocycles. The molecule has 0 aromatic heterocycles. The average molecular weight is 319 g/mol. The van der Waals surface area contributed by atoms with Crippen molar-refractivity contribution < 1.29 is 4.74 Å². The van der Waals surface area contributed by atoms with E-state index in [0.29, 0.717) is 28.9 Å². The van der Waals surface area contributed by atoms with E-state index >= 15 is 0 Å². The Morgan fingerprint density at radius 2 is 2.10 bits per heavy atom. The summed E-state index contributed by atoms with van der Waals surface area (Å²) < 4.78 is 5.90. The average Bonchev–Trinajstić information content (AvgIpc) is 2.88. The molecule has 3 N–H and O–H groups in total. The van der Waals surface area contributed by atoms with Crippen molar-refractivity contribution in [2.24, 2.45) is 5.73 Å². The summed E-state index contributed by atoms with van der Waals surface area (Å²) in [7, 11) is 0. The fraction of sp³-hybridized carbons (Fsp3) is 0.188. The Kier molecular flexibility index (Phi) is 4.08. The van der Waals surface area contributed by atoms with Crippen LogP contribution in [0.2, 0.25) is 5.02 Å². The topological polar surface area (TPSA) is 59.1 Å². The predicted octanol–water partition coefficient (Wildman–Crippen LogP) is 3.89. The van der Waals surface area contributed by atoms with Gasteiger partial charge in [-0.05, 0) is 23.8 Å². The number of hydrogen-bond acceptors (Lipinski definition) is 3. The summed E-state index contributed by atoms with van der Waals surface area (Å²) in [5.74, 6) is 1.86. The molecule has 1 atom stereocenters. The Balaban J connectivity index is 1.78. The van der Waals surface area contributed by atoms with Gasteiger partial charge in [-0.1, -0.05) is 35.9 Å². The van der Waals surface area contributed by atoms with Crippen LogP contribution in [0.1, 0.15) is 17.0 Å². The first-order valence-corrected chi connectivity index (χ1v) is 8.00. The third-order valence-corrected chi connectivity index (χ3v) is 5.05. The molecular weight excluding hydrogens is 304 g/mol. The minimum Gasteiger partial charge on any atom is -0.492 e. The maximum atomic E-state index is 7.63. The number of hydrogen-bond donors (Lipinski definition) is 2. The molecule has 0 bridgehead atoms. The fourth-order valence-corrected chi connectivity index (χ4v) is 3.94. The molecule has 0 fully saturated rings. The zero-order valence-corrected chi connectivity index (χ0v) is 12.9. The van der Waals surface area contributed by atoms with Crippen LogP contribution in [-0.4, -0.2) is 18.2 Å². The molecule has 0 radical (unpaired) electrons. The Morgan fingerprint density at radius 1 is 1.29 bits per heavy atom. The van der Waals surface area contributed by atoms with Crippen molar-refractivity contribution in [2.45, 2.75) is 10.8 Å². The van der Waals surface area contributed by atoms with E-state index in [0.717, 1.165) is 5.75 Å². The van der Waals surface area contributed by atoms with Crippen molar-refractivity contribution in [3.8, 4) is 5.75 Å². The van der Waals surface area contributed by atoms with Crippen molar-refractivity contribution >= 4 is 29.2 Å². The van der Waals surface area contributed by atoms with Crippen molar-refractivity contribution in [3.63, 3.8) is 0 Å². The molecule has 21 heavy (non-hydrogen) atoms. The van der Waals surface area contributed by atoms with E-state index in [1.807, 2.05) is 11.8 Å². The van der Waals surface area contributed by atoms with Gasteiger partial charge in [0.2, 0.25) is 0 Å². The summed E-state index contributed by atoms with van der Waals surface area (Å²) in [6, 6.07) is 13.7. The molecule has 1 aliphatic rings. The van der Waals surface area contributed by atoms with Crippen molar-refractivity contribution in [3.05, 3.63) is 58.6 Å². The second-order valence-corrected chi connectivity index (χ2v) is 6.35. The van der Waals surface area contributed by atoms with E-state index in [1.54, 1.807) is 18.2 Å². The molecule has 0 saturated heterocycles. The maximum absolute atomic E-state index is 7.63. The highest BCUT2D eigenvalue weighted by molar-refractivity contribution is 7.99. The molecule has 0 spiro atoms. The van der Waals surface area contributed by atoms with Gasteiger partial charge in [-0.15, -0.1) is 11.8 Å². The number of fused-ring (bicyclic) bond motifs is 1. The Morgan fingerprint density at radius 3 is 2.90 bits per heavy atom. The fourth-order valence-electron chi connectivity index (χ4n) is 2.44. The molecule has 1 heterocycles. The van der Waals surface area contributed by atoms with Crippen LogP contribution in [0.15, 0.2) is 47.4 Å². The Hall–Kier alpha value is -1.65. The molecular formula is C16H15ClN2OS. The second-order valence-electron chi connectivity index (χ2n) is 4.88. The van der Waals surface area contributed by atoms with Crippen LogP contribution in [-0.2, 0) is 0 Å². The van der Waals surface area contributed by atoms with Crippen LogP contribution >= 0.6 is 23.4 Å². The van der Waals surface area contributed by atoms with Gasteiger partial charge in [0, 0.05) is 16.6 Å². The number of nitrogen functional groups attached to an aromatic ring is 1. The number of halogens is 1. The molecule has 108 valence electrons. The predicted molar refractivity (Wildman–Crippen MR) is 87.9 cm³/mol. The lowest BCUT2D eigenvalue weighted by molar-refractivity contribution is 0.297. The number of amidine groups is 1. The normalized spacial score (nSPS) is 16.5. The second kappa shape index (κ2) is 6.00. The summed E-state index contributed by atoms with van der Waals surface area (Å²) in [6.07, 6.45) is 0. The third-order valence-electron chi connectivity index (χ3n) is 3.48. The van der Waals surface area contributed by atoms with Crippen molar-refractivity contribution in [2.75, 3.05) is 12.4 Å². The van der Waals surface area contributed by atoms with Crippen LogP contribution in [0.4, 0.5) is 0 Å². The molecule has 2 aromatic rings. The van der Waals surface area contributed by atoms with E-state index in [9.17, 15) is 0 Å². The number of rotatable bonds is 4. The summed E-state index contributed by atoms with van der Waals surface area (Å²) in [5.41, 5.74) is 7.39. The van der Waals surface area contributed by atoms with Gasteiger partial charge in [0.05, 0.1) is 17.2 Å². The summed E-state index contributed by atoms with van der Waals surface area (Å²) in [6.45, 7) is 0.560. The number of nitrogens with two attached hydrogens (primary N) is 1. The first-order valence-electron chi connectivity index (χ1n) is 6.64. The Bertz CT molecular complexity index is 690. The molecule has 3 rings (SSSR count). The minimum absolute atomic E-state index is 0.0724. The van der Waals surface area contributed by atoms with Crippen LogP contribution in [0.25, 0.3) is 0 Å². The SMILES string of the molecule is N=C(N)c1c(Cl)cccc1OCC1CSc2ccccc21. The molecule has 1 unspecified atom stereocenters. The largest absolute Gasteiger partial charge is 0.492 e. The quantitative estimate of drug-likeness (QED) is 0.664. The monoisotopic (exact) mass is 318 g/mol. The van der Waals surface area contributed by atoms with E-state index in [-0.39, 0.29) is 5.84 Å². The standard InChI is InChI=1S/C16H15ClN2OS/c17-12-5-3-6-13(15(12)16(18)19)20-8-10-9-21-14-7-2-1-4-11(10)14/h1-7,10H,8-9H2,(H3,18,19). The molecule has 3 nitrogen and oxygen atoms in total. The van der Waals surface area contributed by atoms with Gasteiger partial charge < -0.3 is 10.5 Å². The third kappa shape index (κ3) is 2.87. The molecule has 2 aromatic carbocycles. The maximum Gasteiger partial charge on any atom is 0.131 e. The lowest BCUT2D eigenvalue weighted by Crippen LogP contribution is -2.16. The lowest BCUT2D eigenvalue weighted by Gasteiger charge is -2.15. The first kappa shape index (κ1) is 14.3. The lowest BCUT2D eigenvalue weighted by atomic mass is 10.0. The molecule has 0 aliphatic carbocycles. The highest BCUT2D eigenvalue weighted by Crippen LogP contribution is 2.39.